The summed E-state index contributed by atoms with van der Waals surface area (Å²) in [5.74, 6) is 1.55. The third kappa shape index (κ3) is 3.95. The monoisotopic (exact) mass is 267 g/mol. The van der Waals surface area contributed by atoms with Crippen LogP contribution in [0.3, 0.4) is 0 Å². The van der Waals surface area contributed by atoms with Crippen molar-refractivity contribution in [3.63, 3.8) is 0 Å². The van der Waals surface area contributed by atoms with Gasteiger partial charge in [0.1, 0.15) is 5.75 Å². The molecule has 0 fully saturated rings. The number of benzene rings is 2. The van der Waals surface area contributed by atoms with Gasteiger partial charge in [-0.25, -0.2) is 0 Å². The smallest absolute Gasteiger partial charge is 0.233 e. The fourth-order valence-electron chi connectivity index (χ4n) is 1.89. The van der Waals surface area contributed by atoms with E-state index in [0.717, 1.165) is 29.9 Å². The van der Waals surface area contributed by atoms with E-state index in [-0.39, 0.29) is 0 Å². The lowest BCUT2D eigenvalue weighted by Gasteiger charge is -2.09. The summed E-state index contributed by atoms with van der Waals surface area (Å²) < 4.78 is 5.69. The molecule has 103 valence electrons. The second kappa shape index (κ2) is 6.90. The molecule has 0 bridgehead atoms. The van der Waals surface area contributed by atoms with Gasteiger partial charge in [0.25, 0.3) is 0 Å². The minimum absolute atomic E-state index is 0.572. The maximum atomic E-state index is 10.5. The number of hydrogen-bond acceptors (Lipinski definition) is 2. The predicted octanol–water partition coefficient (Wildman–Crippen LogP) is 4.24. The van der Waals surface area contributed by atoms with Gasteiger partial charge < -0.3 is 4.74 Å². The Bertz CT molecular complexity index is 539. The highest BCUT2D eigenvalue weighted by Crippen LogP contribution is 2.22. The molecule has 2 aromatic carbocycles. The van der Waals surface area contributed by atoms with E-state index in [2.05, 4.69) is 13.8 Å². The minimum atomic E-state index is 0.572. The van der Waals surface area contributed by atoms with Crippen LogP contribution in [-0.4, -0.2) is 12.9 Å². The highest BCUT2D eigenvalue weighted by molar-refractivity contribution is 5.77. The first-order valence-electron chi connectivity index (χ1n) is 6.90. The number of carbonyl (C=O) groups excluding carboxylic acids is 1. The zero-order chi connectivity index (χ0) is 14.4. The van der Waals surface area contributed by atoms with Crippen LogP contribution in [0.15, 0.2) is 48.5 Å². The molecule has 20 heavy (non-hydrogen) atoms. The van der Waals surface area contributed by atoms with Gasteiger partial charge in [-0.1, -0.05) is 50.2 Å². The minimum Gasteiger partial charge on any atom is -0.494 e. The molecule has 0 saturated heterocycles. The molecule has 2 nitrogen and oxygen atoms in total. The van der Waals surface area contributed by atoms with Crippen molar-refractivity contribution in [2.45, 2.75) is 20.3 Å². The van der Waals surface area contributed by atoms with Crippen LogP contribution in [-0.2, 0) is 4.79 Å². The molecule has 0 amide bonds. The van der Waals surface area contributed by atoms with Gasteiger partial charge in [0.05, 0.1) is 6.61 Å². The summed E-state index contributed by atoms with van der Waals surface area (Å²) >= 11 is 0. The quantitative estimate of drug-likeness (QED) is 0.782. The van der Waals surface area contributed by atoms with Crippen molar-refractivity contribution in [1.29, 1.82) is 0 Å². The number of hydrogen-bond donors (Lipinski definition) is 0. The van der Waals surface area contributed by atoms with Crippen LogP contribution in [0.5, 0.6) is 5.75 Å². The van der Waals surface area contributed by atoms with Crippen LogP contribution in [0.25, 0.3) is 11.1 Å². The molecule has 1 radical (unpaired) electrons. The third-order valence-corrected chi connectivity index (χ3v) is 3.15. The zero-order valence-corrected chi connectivity index (χ0v) is 11.9. The maximum absolute atomic E-state index is 10.5. The Kier molecular flexibility index (Phi) is 4.94. The summed E-state index contributed by atoms with van der Waals surface area (Å²) in [7, 11) is 0. The Labute approximate surface area is 120 Å². The van der Waals surface area contributed by atoms with Crippen molar-refractivity contribution in [2.24, 2.45) is 5.92 Å². The first-order chi connectivity index (χ1) is 9.69. The summed E-state index contributed by atoms with van der Waals surface area (Å²) in [6.07, 6.45) is 2.94. The van der Waals surface area contributed by atoms with Crippen molar-refractivity contribution in [1.82, 2.24) is 0 Å². The topological polar surface area (TPSA) is 26.3 Å². The Hall–Kier alpha value is -2.09. The summed E-state index contributed by atoms with van der Waals surface area (Å²) in [5, 5.41) is 0. The van der Waals surface area contributed by atoms with E-state index >= 15 is 0 Å². The van der Waals surface area contributed by atoms with Gasteiger partial charge in [-0.15, -0.1) is 0 Å². The summed E-state index contributed by atoms with van der Waals surface area (Å²) in [4.78, 5) is 10.5. The average molecular weight is 267 g/mol. The highest BCUT2D eigenvalue weighted by atomic mass is 16.5. The SMILES string of the molecule is CC(C)CCOc1ccc(-c2ccc([C]=O)cc2)cc1. The van der Waals surface area contributed by atoms with Crippen LogP contribution in [0.2, 0.25) is 0 Å². The molecule has 0 saturated carbocycles. The highest BCUT2D eigenvalue weighted by Gasteiger charge is 2.00. The van der Waals surface area contributed by atoms with Gasteiger partial charge in [-0.3, -0.25) is 4.79 Å². The van der Waals surface area contributed by atoms with Crippen molar-refractivity contribution >= 4 is 6.29 Å². The van der Waals surface area contributed by atoms with Gasteiger partial charge in [0.2, 0.25) is 6.29 Å². The first-order valence-corrected chi connectivity index (χ1v) is 6.90. The van der Waals surface area contributed by atoms with E-state index in [1.165, 1.54) is 0 Å². The molecule has 2 heteroatoms. The van der Waals surface area contributed by atoms with Crippen molar-refractivity contribution in [2.75, 3.05) is 6.61 Å². The summed E-state index contributed by atoms with van der Waals surface area (Å²) in [6, 6.07) is 15.4. The molecule has 0 aliphatic heterocycles. The van der Waals surface area contributed by atoms with E-state index in [1.807, 2.05) is 42.7 Å². The van der Waals surface area contributed by atoms with Crippen LogP contribution >= 0.6 is 0 Å². The molecule has 0 unspecified atom stereocenters. The molecular formula is C18H19O2. The van der Waals surface area contributed by atoms with Crippen molar-refractivity contribution < 1.29 is 9.53 Å². The van der Waals surface area contributed by atoms with E-state index < -0.39 is 0 Å². The van der Waals surface area contributed by atoms with Crippen LogP contribution in [0, 0.1) is 5.92 Å². The van der Waals surface area contributed by atoms with Crippen molar-refractivity contribution in [3.05, 3.63) is 54.1 Å². The van der Waals surface area contributed by atoms with E-state index in [0.29, 0.717) is 11.5 Å². The molecule has 2 rings (SSSR count). The normalized spacial score (nSPS) is 10.6. The molecule has 2 aromatic rings. The maximum Gasteiger partial charge on any atom is 0.233 e. The fraction of sp³-hybridized carbons (Fsp3) is 0.278. The molecule has 0 aromatic heterocycles. The van der Waals surface area contributed by atoms with Crippen LogP contribution in [0.4, 0.5) is 0 Å². The molecular weight excluding hydrogens is 248 g/mol. The molecule has 0 heterocycles. The molecule has 0 atom stereocenters. The molecule has 0 N–H and O–H groups in total. The predicted molar refractivity (Wildman–Crippen MR) is 81.6 cm³/mol. The Morgan fingerprint density at radius 3 is 2.00 bits per heavy atom. The van der Waals surface area contributed by atoms with Gasteiger partial charge in [0, 0.05) is 5.56 Å². The largest absolute Gasteiger partial charge is 0.494 e. The third-order valence-electron chi connectivity index (χ3n) is 3.15. The van der Waals surface area contributed by atoms with Gasteiger partial charge in [-0.2, -0.15) is 0 Å². The summed E-state index contributed by atoms with van der Waals surface area (Å²) in [6.45, 7) is 5.13. The Morgan fingerprint density at radius 2 is 1.50 bits per heavy atom. The van der Waals surface area contributed by atoms with Gasteiger partial charge in [0.15, 0.2) is 0 Å². The van der Waals surface area contributed by atoms with E-state index in [1.54, 1.807) is 12.1 Å². The van der Waals surface area contributed by atoms with E-state index in [9.17, 15) is 4.79 Å². The van der Waals surface area contributed by atoms with Crippen LogP contribution < -0.4 is 4.74 Å². The lowest BCUT2D eigenvalue weighted by molar-refractivity contribution is 0.289. The summed E-state index contributed by atoms with van der Waals surface area (Å²) in [5.41, 5.74) is 2.76. The number of ether oxygens (including phenoxy) is 1. The lowest BCUT2D eigenvalue weighted by atomic mass is 10.0. The van der Waals surface area contributed by atoms with Gasteiger partial charge in [-0.05, 0) is 35.6 Å². The average Bonchev–Trinajstić information content (AvgIpc) is 2.48. The Morgan fingerprint density at radius 1 is 0.950 bits per heavy atom. The van der Waals surface area contributed by atoms with Crippen LogP contribution in [0.1, 0.15) is 25.8 Å². The molecule has 0 aliphatic carbocycles. The standard InChI is InChI=1S/C18H19O2/c1-14(2)11-12-20-18-9-7-17(8-10-18)16-5-3-15(13-19)4-6-16/h3-10,14H,11-12H2,1-2H3. The second-order valence-corrected chi connectivity index (χ2v) is 5.23. The molecule has 0 aliphatic rings. The van der Waals surface area contributed by atoms with Gasteiger partial charge >= 0.3 is 0 Å². The second-order valence-electron chi connectivity index (χ2n) is 5.23. The Balaban J connectivity index is 2.01. The first kappa shape index (κ1) is 14.3. The fourth-order valence-corrected chi connectivity index (χ4v) is 1.89. The lowest BCUT2D eigenvalue weighted by Crippen LogP contribution is -2.01. The van der Waals surface area contributed by atoms with E-state index in [4.69, 9.17) is 4.74 Å². The zero-order valence-electron chi connectivity index (χ0n) is 11.9. The van der Waals surface area contributed by atoms with Crippen molar-refractivity contribution in [3.8, 4) is 16.9 Å². The molecule has 0 spiro atoms. The number of rotatable bonds is 6.